The lowest BCUT2D eigenvalue weighted by molar-refractivity contribution is 0.312. The van der Waals surface area contributed by atoms with Gasteiger partial charge in [0, 0.05) is 32.6 Å². The second-order valence-electron chi connectivity index (χ2n) is 5.89. The Bertz CT molecular complexity index is 921. The first-order valence-corrected chi connectivity index (χ1v) is 7.86. The minimum atomic E-state index is -0.158. The summed E-state index contributed by atoms with van der Waals surface area (Å²) in [4.78, 5) is 33.0. The summed E-state index contributed by atoms with van der Waals surface area (Å²) in [5, 5.41) is 0. The Morgan fingerprint density at radius 2 is 1.96 bits per heavy atom. The Kier molecular flexibility index (Phi) is 3.26. The SMILES string of the molecule is CCc1ncc2c(=O)[nH]c3c(N4CCN(C)CC4)ncnc3n12. The Labute approximate surface area is 132 Å². The van der Waals surface area contributed by atoms with E-state index in [9.17, 15) is 4.79 Å². The molecule has 0 atom stereocenters. The van der Waals surface area contributed by atoms with E-state index in [0.29, 0.717) is 16.7 Å². The minimum Gasteiger partial charge on any atom is -0.352 e. The van der Waals surface area contributed by atoms with Crippen LogP contribution in [0.15, 0.2) is 17.3 Å². The first-order chi connectivity index (χ1) is 11.2. The van der Waals surface area contributed by atoms with Gasteiger partial charge >= 0.3 is 0 Å². The van der Waals surface area contributed by atoms with Crippen molar-refractivity contribution in [3.05, 3.63) is 28.7 Å². The topological polar surface area (TPSA) is 82.4 Å². The molecule has 1 aliphatic rings. The van der Waals surface area contributed by atoms with Crippen molar-refractivity contribution in [1.82, 2.24) is 29.2 Å². The van der Waals surface area contributed by atoms with Crippen molar-refractivity contribution in [3.8, 4) is 0 Å². The van der Waals surface area contributed by atoms with Crippen LogP contribution >= 0.6 is 0 Å². The average Bonchev–Trinajstić information content (AvgIpc) is 3.00. The molecule has 0 aromatic carbocycles. The highest BCUT2D eigenvalue weighted by atomic mass is 16.1. The van der Waals surface area contributed by atoms with E-state index in [1.165, 1.54) is 0 Å². The van der Waals surface area contributed by atoms with E-state index in [4.69, 9.17) is 0 Å². The van der Waals surface area contributed by atoms with E-state index >= 15 is 0 Å². The molecule has 1 N–H and O–H groups in total. The second kappa shape index (κ2) is 5.31. The van der Waals surface area contributed by atoms with E-state index in [0.717, 1.165) is 44.2 Å². The zero-order valence-corrected chi connectivity index (χ0v) is 13.3. The maximum Gasteiger partial charge on any atom is 0.274 e. The fraction of sp³-hybridized carbons (Fsp3) is 0.467. The van der Waals surface area contributed by atoms with Crippen LogP contribution in [0, 0.1) is 0 Å². The normalized spacial score (nSPS) is 16.5. The molecule has 0 bridgehead atoms. The number of aryl methyl sites for hydroxylation is 1. The maximum absolute atomic E-state index is 12.4. The van der Waals surface area contributed by atoms with Gasteiger partial charge in [-0.2, -0.15) is 0 Å². The van der Waals surface area contributed by atoms with Crippen LogP contribution < -0.4 is 10.5 Å². The van der Waals surface area contributed by atoms with Gasteiger partial charge in [0.05, 0.1) is 6.20 Å². The molecule has 3 aromatic heterocycles. The summed E-state index contributed by atoms with van der Waals surface area (Å²) >= 11 is 0. The number of anilines is 1. The van der Waals surface area contributed by atoms with E-state index in [1.54, 1.807) is 12.5 Å². The number of hydrogen-bond acceptors (Lipinski definition) is 6. The number of hydrogen-bond donors (Lipinski definition) is 1. The monoisotopic (exact) mass is 313 g/mol. The van der Waals surface area contributed by atoms with Gasteiger partial charge in [-0.25, -0.2) is 15.0 Å². The molecular weight excluding hydrogens is 294 g/mol. The maximum atomic E-state index is 12.4. The standard InChI is InChI=1S/C15H19N7O/c1-3-11-16-8-10-15(23)19-12-13(17-9-18-14(12)22(10)11)21-6-4-20(2)5-7-21/h8-9H,3-7H2,1-2H3,(H,19,23). The summed E-state index contributed by atoms with van der Waals surface area (Å²) in [7, 11) is 2.11. The van der Waals surface area contributed by atoms with E-state index in [-0.39, 0.29) is 5.56 Å². The summed E-state index contributed by atoms with van der Waals surface area (Å²) in [5.74, 6) is 1.62. The highest BCUT2D eigenvalue weighted by molar-refractivity contribution is 5.85. The number of nitrogens with zero attached hydrogens (tertiary/aromatic N) is 6. The molecule has 1 saturated heterocycles. The van der Waals surface area contributed by atoms with Crippen molar-refractivity contribution in [3.63, 3.8) is 0 Å². The lowest BCUT2D eigenvalue weighted by Crippen LogP contribution is -2.45. The number of rotatable bonds is 2. The van der Waals surface area contributed by atoms with Crippen LogP contribution in [0.5, 0.6) is 0 Å². The average molecular weight is 313 g/mol. The van der Waals surface area contributed by atoms with Crippen molar-refractivity contribution in [1.29, 1.82) is 0 Å². The van der Waals surface area contributed by atoms with Gasteiger partial charge in [0.2, 0.25) is 0 Å². The predicted molar refractivity (Wildman–Crippen MR) is 88.0 cm³/mol. The first-order valence-electron chi connectivity index (χ1n) is 7.86. The van der Waals surface area contributed by atoms with Crippen molar-refractivity contribution in [2.45, 2.75) is 13.3 Å². The quantitative estimate of drug-likeness (QED) is 0.732. The molecule has 23 heavy (non-hydrogen) atoms. The van der Waals surface area contributed by atoms with Crippen LogP contribution in [-0.4, -0.2) is 62.5 Å². The molecule has 0 aliphatic carbocycles. The molecule has 1 fully saturated rings. The summed E-state index contributed by atoms with van der Waals surface area (Å²) in [6.45, 7) is 5.73. The van der Waals surface area contributed by atoms with Gasteiger partial charge in [-0.3, -0.25) is 9.20 Å². The predicted octanol–water partition coefficient (Wildman–Crippen LogP) is 0.280. The van der Waals surface area contributed by atoms with Gasteiger partial charge in [-0.05, 0) is 7.05 Å². The van der Waals surface area contributed by atoms with Gasteiger partial charge in [0.1, 0.15) is 23.2 Å². The molecule has 0 unspecified atom stereocenters. The minimum absolute atomic E-state index is 0.158. The largest absolute Gasteiger partial charge is 0.352 e. The third kappa shape index (κ3) is 2.17. The Morgan fingerprint density at radius 3 is 2.70 bits per heavy atom. The molecule has 0 spiro atoms. The van der Waals surface area contributed by atoms with E-state index in [1.807, 2.05) is 11.3 Å². The number of aromatic nitrogens is 5. The Balaban J connectivity index is 1.97. The molecule has 0 saturated carbocycles. The molecule has 3 aromatic rings. The third-order valence-electron chi connectivity index (χ3n) is 4.44. The zero-order valence-electron chi connectivity index (χ0n) is 13.3. The highest BCUT2D eigenvalue weighted by Gasteiger charge is 2.20. The van der Waals surface area contributed by atoms with Gasteiger partial charge in [0.25, 0.3) is 5.56 Å². The van der Waals surface area contributed by atoms with Gasteiger partial charge in [-0.1, -0.05) is 6.92 Å². The number of likely N-dealkylation sites (N-methyl/N-ethyl adjacent to an activating group) is 1. The van der Waals surface area contributed by atoms with Crippen molar-refractivity contribution < 1.29 is 0 Å². The van der Waals surface area contributed by atoms with Gasteiger partial charge in [0.15, 0.2) is 11.5 Å². The van der Waals surface area contributed by atoms with Gasteiger partial charge in [-0.15, -0.1) is 0 Å². The lowest BCUT2D eigenvalue weighted by atomic mass is 10.3. The first kappa shape index (κ1) is 14.1. The fourth-order valence-electron chi connectivity index (χ4n) is 3.12. The van der Waals surface area contributed by atoms with Crippen LogP contribution in [0.25, 0.3) is 16.7 Å². The second-order valence-corrected chi connectivity index (χ2v) is 5.89. The van der Waals surface area contributed by atoms with Crippen LogP contribution in [0.1, 0.15) is 12.7 Å². The molecule has 1 aliphatic heterocycles. The molecule has 4 heterocycles. The molecular formula is C15H19N7O. The highest BCUT2D eigenvalue weighted by Crippen LogP contribution is 2.22. The number of piperazine rings is 1. The molecule has 0 radical (unpaired) electrons. The van der Waals surface area contributed by atoms with Crippen molar-refractivity contribution >= 4 is 22.5 Å². The number of nitrogens with one attached hydrogen (secondary N) is 1. The number of aromatic amines is 1. The molecule has 120 valence electrons. The van der Waals surface area contributed by atoms with E-state index < -0.39 is 0 Å². The number of H-pyrrole nitrogens is 1. The van der Waals surface area contributed by atoms with Crippen molar-refractivity contribution in [2.75, 3.05) is 38.1 Å². The van der Waals surface area contributed by atoms with Gasteiger partial charge < -0.3 is 14.8 Å². The Hall–Kier alpha value is -2.48. The number of imidazole rings is 1. The smallest absolute Gasteiger partial charge is 0.274 e. The zero-order chi connectivity index (χ0) is 16.0. The summed E-state index contributed by atoms with van der Waals surface area (Å²) in [6.07, 6.45) is 3.91. The van der Waals surface area contributed by atoms with Crippen molar-refractivity contribution in [2.24, 2.45) is 0 Å². The summed E-state index contributed by atoms with van der Waals surface area (Å²) < 4.78 is 1.84. The summed E-state index contributed by atoms with van der Waals surface area (Å²) in [6, 6.07) is 0. The molecule has 8 heteroatoms. The van der Waals surface area contributed by atoms with Crippen LogP contribution in [0.2, 0.25) is 0 Å². The van der Waals surface area contributed by atoms with E-state index in [2.05, 4.69) is 36.8 Å². The third-order valence-corrected chi connectivity index (χ3v) is 4.44. The number of fused-ring (bicyclic) bond motifs is 3. The Morgan fingerprint density at radius 1 is 1.17 bits per heavy atom. The fourth-order valence-corrected chi connectivity index (χ4v) is 3.12. The molecule has 0 amide bonds. The van der Waals surface area contributed by atoms with Crippen LogP contribution in [0.3, 0.4) is 0 Å². The van der Waals surface area contributed by atoms with Crippen LogP contribution in [0.4, 0.5) is 5.82 Å². The molecule has 4 rings (SSSR count). The molecule has 8 nitrogen and oxygen atoms in total. The van der Waals surface area contributed by atoms with Crippen LogP contribution in [-0.2, 0) is 6.42 Å². The lowest BCUT2D eigenvalue weighted by Gasteiger charge is -2.33. The summed E-state index contributed by atoms with van der Waals surface area (Å²) in [5.41, 5.74) is 1.76.